The molecule has 93 valence electrons. The molecule has 0 saturated carbocycles. The summed E-state index contributed by atoms with van der Waals surface area (Å²) in [5.74, 6) is -0.157. The van der Waals surface area contributed by atoms with Crippen molar-refractivity contribution in [3.63, 3.8) is 0 Å². The number of benzene rings is 1. The molecule has 4 heteroatoms. The number of primary amides is 1. The molecule has 2 rings (SSSR count). The van der Waals surface area contributed by atoms with E-state index in [2.05, 4.69) is 4.98 Å². The summed E-state index contributed by atoms with van der Waals surface area (Å²) >= 11 is 1.58. The molecule has 2 N–H and O–H groups in total. The Morgan fingerprint density at radius 2 is 2.17 bits per heavy atom. The van der Waals surface area contributed by atoms with Crippen LogP contribution in [0, 0.1) is 12.3 Å². The van der Waals surface area contributed by atoms with Crippen LogP contribution >= 0.6 is 11.3 Å². The van der Waals surface area contributed by atoms with Crippen LogP contribution in [-0.2, 0) is 4.79 Å². The molecule has 0 aliphatic rings. The standard InChI is InChI=1S/C14H15N2OS/c1-10(7-13(15)17)8-14-16-12(9-18-14)11-5-3-2-4-6-11/h2-6,8-10H,7H2,1H3,(H2,15,17)/t10-/m1/s1. The van der Waals surface area contributed by atoms with E-state index >= 15 is 0 Å². The first-order valence-electron chi connectivity index (χ1n) is 5.79. The molecule has 1 amide bonds. The minimum absolute atomic E-state index is 0.122. The Labute approximate surface area is 111 Å². The van der Waals surface area contributed by atoms with Crippen molar-refractivity contribution in [1.82, 2.24) is 4.98 Å². The largest absolute Gasteiger partial charge is 0.370 e. The van der Waals surface area contributed by atoms with Crippen molar-refractivity contribution < 1.29 is 4.79 Å². The number of carbonyl (C=O) groups excluding carboxylic acids is 1. The molecule has 0 aliphatic heterocycles. The zero-order valence-corrected chi connectivity index (χ0v) is 11.0. The molecule has 1 radical (unpaired) electrons. The first kappa shape index (κ1) is 12.8. The molecule has 18 heavy (non-hydrogen) atoms. The van der Waals surface area contributed by atoms with Gasteiger partial charge in [0.2, 0.25) is 5.91 Å². The average Bonchev–Trinajstić information content (AvgIpc) is 2.77. The molecule has 0 unspecified atom stereocenters. The van der Waals surface area contributed by atoms with Gasteiger partial charge in [0, 0.05) is 23.8 Å². The Bertz CT molecular complexity index is 522. The van der Waals surface area contributed by atoms with E-state index in [1.165, 1.54) is 0 Å². The number of hydrogen-bond donors (Lipinski definition) is 1. The van der Waals surface area contributed by atoms with Gasteiger partial charge < -0.3 is 5.73 Å². The summed E-state index contributed by atoms with van der Waals surface area (Å²) in [6.07, 6.45) is 2.35. The molecule has 2 aromatic rings. The number of thiazole rings is 1. The van der Waals surface area contributed by atoms with Gasteiger partial charge in [-0.2, -0.15) is 0 Å². The number of amides is 1. The van der Waals surface area contributed by atoms with Gasteiger partial charge in [-0.1, -0.05) is 37.3 Å². The quantitative estimate of drug-likeness (QED) is 0.897. The Hall–Kier alpha value is -1.68. The third kappa shape index (κ3) is 3.40. The Kier molecular flexibility index (Phi) is 4.10. The summed E-state index contributed by atoms with van der Waals surface area (Å²) in [6.45, 7) is 1.97. The summed E-state index contributed by atoms with van der Waals surface area (Å²) in [7, 11) is 0. The number of hydrogen-bond acceptors (Lipinski definition) is 3. The third-order valence-corrected chi connectivity index (χ3v) is 3.35. The summed E-state index contributed by atoms with van der Waals surface area (Å²) in [6, 6.07) is 10.0. The van der Waals surface area contributed by atoms with Gasteiger partial charge in [0.15, 0.2) is 0 Å². The van der Waals surface area contributed by atoms with Gasteiger partial charge in [-0.05, 0) is 5.92 Å². The van der Waals surface area contributed by atoms with Crippen LogP contribution in [0.2, 0.25) is 0 Å². The minimum Gasteiger partial charge on any atom is -0.370 e. The van der Waals surface area contributed by atoms with Gasteiger partial charge in [0.1, 0.15) is 0 Å². The van der Waals surface area contributed by atoms with Gasteiger partial charge in [-0.3, -0.25) is 4.79 Å². The summed E-state index contributed by atoms with van der Waals surface area (Å²) in [5.41, 5.74) is 7.25. The topological polar surface area (TPSA) is 56.0 Å². The lowest BCUT2D eigenvalue weighted by atomic mass is 10.0. The molecule has 0 bridgehead atoms. The van der Waals surface area contributed by atoms with Crippen molar-refractivity contribution in [2.45, 2.75) is 13.3 Å². The maximum Gasteiger partial charge on any atom is 0.217 e. The van der Waals surface area contributed by atoms with Crippen molar-refractivity contribution in [1.29, 1.82) is 0 Å². The third-order valence-electron chi connectivity index (χ3n) is 2.54. The smallest absolute Gasteiger partial charge is 0.217 e. The number of carbonyl (C=O) groups is 1. The molecule has 0 fully saturated rings. The van der Waals surface area contributed by atoms with Crippen LogP contribution < -0.4 is 5.73 Å². The molecule has 3 nitrogen and oxygen atoms in total. The normalized spacial score (nSPS) is 12.3. The monoisotopic (exact) mass is 259 g/mol. The first-order valence-corrected chi connectivity index (χ1v) is 6.67. The molecule has 1 aromatic heterocycles. The Balaban J connectivity index is 2.05. The lowest BCUT2D eigenvalue weighted by molar-refractivity contribution is -0.118. The first-order chi connectivity index (χ1) is 8.65. The van der Waals surface area contributed by atoms with E-state index in [4.69, 9.17) is 5.73 Å². The predicted molar refractivity (Wildman–Crippen MR) is 73.9 cm³/mol. The summed E-state index contributed by atoms with van der Waals surface area (Å²) in [4.78, 5) is 15.4. The van der Waals surface area contributed by atoms with E-state index in [0.29, 0.717) is 6.42 Å². The van der Waals surface area contributed by atoms with E-state index < -0.39 is 0 Å². The van der Waals surface area contributed by atoms with Crippen molar-refractivity contribution in [2.24, 2.45) is 11.7 Å². The van der Waals surface area contributed by atoms with Crippen LogP contribution in [0.3, 0.4) is 0 Å². The molecule has 0 aliphatic carbocycles. The highest BCUT2D eigenvalue weighted by molar-refractivity contribution is 7.10. The van der Waals surface area contributed by atoms with E-state index in [-0.39, 0.29) is 11.8 Å². The molecule has 0 spiro atoms. The number of nitrogens with two attached hydrogens (primary N) is 1. The Morgan fingerprint density at radius 3 is 2.83 bits per heavy atom. The van der Waals surface area contributed by atoms with Crippen molar-refractivity contribution in [3.8, 4) is 11.3 Å². The van der Waals surface area contributed by atoms with Crippen LogP contribution in [0.15, 0.2) is 35.7 Å². The second-order valence-corrected chi connectivity index (χ2v) is 5.14. The maximum atomic E-state index is 10.8. The van der Waals surface area contributed by atoms with E-state index in [1.807, 2.05) is 49.1 Å². The van der Waals surface area contributed by atoms with Crippen molar-refractivity contribution >= 4 is 17.2 Å². The van der Waals surface area contributed by atoms with Crippen molar-refractivity contribution in [3.05, 3.63) is 47.1 Å². The number of rotatable bonds is 5. The highest BCUT2D eigenvalue weighted by Gasteiger charge is 2.11. The summed E-state index contributed by atoms with van der Waals surface area (Å²) in [5, 5.41) is 2.96. The molecule has 1 aromatic carbocycles. The minimum atomic E-state index is -0.279. The SMILES string of the molecule is C[C@@H]([CH]c1nc(-c2ccccc2)cs1)CC(N)=O. The van der Waals surface area contributed by atoms with E-state index in [0.717, 1.165) is 16.3 Å². The van der Waals surface area contributed by atoms with Gasteiger partial charge in [0.25, 0.3) is 0 Å². The second-order valence-electron chi connectivity index (χ2n) is 4.25. The van der Waals surface area contributed by atoms with Gasteiger partial charge in [-0.25, -0.2) is 4.98 Å². The zero-order valence-electron chi connectivity index (χ0n) is 10.2. The molecule has 0 saturated heterocycles. The van der Waals surface area contributed by atoms with Crippen LogP contribution in [-0.4, -0.2) is 10.9 Å². The Morgan fingerprint density at radius 1 is 1.44 bits per heavy atom. The highest BCUT2D eigenvalue weighted by atomic mass is 32.1. The lowest BCUT2D eigenvalue weighted by Crippen LogP contribution is -2.15. The molecule has 1 atom stereocenters. The second kappa shape index (κ2) is 5.78. The average molecular weight is 259 g/mol. The fourth-order valence-electron chi connectivity index (χ4n) is 1.73. The van der Waals surface area contributed by atoms with Gasteiger partial charge in [0.05, 0.1) is 10.7 Å². The summed E-state index contributed by atoms with van der Waals surface area (Å²) < 4.78 is 0. The molecule has 1 heterocycles. The highest BCUT2D eigenvalue weighted by Crippen LogP contribution is 2.24. The van der Waals surface area contributed by atoms with Crippen LogP contribution in [0.4, 0.5) is 0 Å². The van der Waals surface area contributed by atoms with Gasteiger partial charge >= 0.3 is 0 Å². The van der Waals surface area contributed by atoms with E-state index in [9.17, 15) is 4.79 Å². The fraction of sp³-hybridized carbons (Fsp3) is 0.214. The maximum absolute atomic E-state index is 10.8. The molecular weight excluding hydrogens is 244 g/mol. The van der Waals surface area contributed by atoms with Crippen molar-refractivity contribution in [2.75, 3.05) is 0 Å². The van der Waals surface area contributed by atoms with Crippen LogP contribution in [0.1, 0.15) is 18.4 Å². The fourth-order valence-corrected chi connectivity index (χ4v) is 2.61. The van der Waals surface area contributed by atoms with Gasteiger partial charge in [-0.15, -0.1) is 11.3 Å². The molecular formula is C14H15N2OS. The number of aromatic nitrogens is 1. The van der Waals surface area contributed by atoms with Crippen LogP contribution in [0.25, 0.3) is 11.3 Å². The zero-order chi connectivity index (χ0) is 13.0. The van der Waals surface area contributed by atoms with Crippen LogP contribution in [0.5, 0.6) is 0 Å². The van der Waals surface area contributed by atoms with E-state index in [1.54, 1.807) is 11.3 Å². The predicted octanol–water partition coefficient (Wildman–Crippen LogP) is 2.87. The number of nitrogens with zero attached hydrogens (tertiary/aromatic N) is 1. The lowest BCUT2D eigenvalue weighted by Gasteiger charge is -2.05.